The van der Waals surface area contributed by atoms with Crippen molar-refractivity contribution in [1.82, 2.24) is 10.1 Å². The summed E-state index contributed by atoms with van der Waals surface area (Å²) in [6, 6.07) is 9.55. The van der Waals surface area contributed by atoms with Gasteiger partial charge in [-0.15, -0.1) is 0 Å². The molecule has 144 valence electrons. The molecule has 0 aliphatic rings. The Balaban J connectivity index is 1.52. The fourth-order valence-electron chi connectivity index (χ4n) is 2.27. The van der Waals surface area contributed by atoms with Gasteiger partial charge in [0, 0.05) is 11.4 Å². The summed E-state index contributed by atoms with van der Waals surface area (Å²) in [5.74, 6) is 0.233. The van der Waals surface area contributed by atoms with Gasteiger partial charge in [-0.1, -0.05) is 34.4 Å². The van der Waals surface area contributed by atoms with E-state index in [1.54, 1.807) is 35.0 Å². The fourth-order valence-corrected chi connectivity index (χ4v) is 4.99. The molecule has 1 aromatic carbocycles. The van der Waals surface area contributed by atoms with Gasteiger partial charge in [-0.25, -0.2) is 8.42 Å². The quantitative estimate of drug-likeness (QED) is 0.379. The number of nitrogens with zero attached hydrogens (tertiary/aromatic N) is 2. The number of benzene rings is 1. The van der Waals surface area contributed by atoms with E-state index < -0.39 is 9.84 Å². The summed E-state index contributed by atoms with van der Waals surface area (Å²) >= 11 is 13.4. The van der Waals surface area contributed by atoms with E-state index in [4.69, 9.17) is 36.9 Å². The maximum Gasteiger partial charge on any atom is 0.293 e. The number of thiophene rings is 1. The van der Waals surface area contributed by atoms with Gasteiger partial charge in [0.25, 0.3) is 11.8 Å². The summed E-state index contributed by atoms with van der Waals surface area (Å²) in [5, 5.41) is 7.58. The monoisotopic (exact) mass is 456 g/mol. The van der Waals surface area contributed by atoms with Crippen molar-refractivity contribution in [3.8, 4) is 23.3 Å². The predicted molar refractivity (Wildman–Crippen MR) is 104 cm³/mol. The average molecular weight is 457 g/mol. The molecule has 0 radical (unpaired) electrons. The summed E-state index contributed by atoms with van der Waals surface area (Å²) in [6.07, 6.45) is 0. The molecule has 0 saturated carbocycles. The molecule has 0 atom stereocenters. The van der Waals surface area contributed by atoms with Crippen LogP contribution < -0.4 is 4.74 Å². The van der Waals surface area contributed by atoms with Crippen LogP contribution in [-0.4, -0.2) is 18.6 Å². The van der Waals surface area contributed by atoms with Gasteiger partial charge >= 0.3 is 0 Å². The number of sulfone groups is 1. The van der Waals surface area contributed by atoms with Crippen molar-refractivity contribution >= 4 is 44.4 Å². The second kappa shape index (κ2) is 7.59. The standard InChI is InChI=1S/C17H10Cl2N2O5S2/c18-11-2-1-3-12(19)16(11)25-15-5-4-13(24-15)17-20-14(21-26-17)9-28(22,23)10-6-7-27-8-10/h1-8H,9H2. The highest BCUT2D eigenvalue weighted by molar-refractivity contribution is 7.90. The van der Waals surface area contributed by atoms with Crippen molar-refractivity contribution in [2.45, 2.75) is 10.6 Å². The van der Waals surface area contributed by atoms with Crippen molar-refractivity contribution in [3.63, 3.8) is 0 Å². The Morgan fingerprint density at radius 1 is 1.11 bits per heavy atom. The van der Waals surface area contributed by atoms with Gasteiger partial charge in [0.2, 0.25) is 0 Å². The molecule has 0 N–H and O–H groups in total. The maximum atomic E-state index is 12.3. The van der Waals surface area contributed by atoms with E-state index in [1.807, 2.05) is 0 Å². The van der Waals surface area contributed by atoms with Gasteiger partial charge in [0.15, 0.2) is 27.2 Å². The predicted octanol–water partition coefficient (Wildman–Crippen LogP) is 5.46. The average Bonchev–Trinajstić information content (AvgIpc) is 3.39. The Morgan fingerprint density at radius 3 is 2.61 bits per heavy atom. The minimum atomic E-state index is -3.54. The summed E-state index contributed by atoms with van der Waals surface area (Å²) in [4.78, 5) is 4.29. The zero-order valence-corrected chi connectivity index (χ0v) is 17.0. The third-order valence-electron chi connectivity index (χ3n) is 3.56. The number of ether oxygens (including phenoxy) is 1. The number of hydrogen-bond acceptors (Lipinski definition) is 8. The van der Waals surface area contributed by atoms with E-state index in [-0.39, 0.29) is 39.8 Å². The molecule has 0 saturated heterocycles. The molecule has 0 bridgehead atoms. The Hall–Kier alpha value is -2.33. The first-order valence-electron chi connectivity index (χ1n) is 7.72. The largest absolute Gasteiger partial charge is 0.423 e. The summed E-state index contributed by atoms with van der Waals surface area (Å²) < 4.78 is 40.8. The smallest absolute Gasteiger partial charge is 0.293 e. The van der Waals surface area contributed by atoms with Crippen LogP contribution in [0.5, 0.6) is 11.7 Å². The van der Waals surface area contributed by atoms with Crippen LogP contribution in [0, 0.1) is 0 Å². The maximum absolute atomic E-state index is 12.3. The van der Waals surface area contributed by atoms with E-state index in [1.165, 1.54) is 23.5 Å². The third-order valence-corrected chi connectivity index (χ3v) is 6.59. The van der Waals surface area contributed by atoms with Gasteiger partial charge < -0.3 is 13.7 Å². The minimum Gasteiger partial charge on any atom is -0.423 e. The molecule has 0 unspecified atom stereocenters. The van der Waals surface area contributed by atoms with Crippen molar-refractivity contribution in [2.75, 3.05) is 0 Å². The lowest BCUT2D eigenvalue weighted by atomic mass is 10.3. The van der Waals surface area contributed by atoms with Crippen molar-refractivity contribution < 1.29 is 22.1 Å². The van der Waals surface area contributed by atoms with Crippen LogP contribution in [0.2, 0.25) is 10.0 Å². The number of rotatable bonds is 6. The van der Waals surface area contributed by atoms with Gasteiger partial charge in [0.1, 0.15) is 5.75 Å². The number of aromatic nitrogens is 2. The van der Waals surface area contributed by atoms with E-state index >= 15 is 0 Å². The molecule has 4 aromatic rings. The molecule has 0 spiro atoms. The first kappa shape index (κ1) is 19.0. The van der Waals surface area contributed by atoms with Crippen LogP contribution in [0.25, 0.3) is 11.7 Å². The highest BCUT2D eigenvalue weighted by atomic mass is 35.5. The Morgan fingerprint density at radius 2 is 1.89 bits per heavy atom. The Bertz CT molecular complexity index is 1200. The van der Waals surface area contributed by atoms with E-state index in [9.17, 15) is 8.42 Å². The Kier molecular flexibility index (Phi) is 5.15. The lowest BCUT2D eigenvalue weighted by molar-refractivity contribution is 0.342. The molecular weight excluding hydrogens is 447 g/mol. The molecule has 0 fully saturated rings. The number of furan rings is 1. The van der Waals surface area contributed by atoms with Crippen LogP contribution >= 0.6 is 34.5 Å². The van der Waals surface area contributed by atoms with Crippen LogP contribution in [0.15, 0.2) is 61.0 Å². The van der Waals surface area contributed by atoms with Gasteiger partial charge in [-0.3, -0.25) is 0 Å². The molecule has 11 heteroatoms. The molecule has 0 amide bonds. The SMILES string of the molecule is O=S(=O)(Cc1noc(-c2ccc(Oc3c(Cl)cccc3Cl)o2)n1)c1ccsc1. The topological polar surface area (TPSA) is 95.4 Å². The second-order valence-corrected chi connectivity index (χ2v) is 9.09. The molecule has 0 aliphatic carbocycles. The van der Waals surface area contributed by atoms with E-state index in [0.29, 0.717) is 10.0 Å². The molecule has 28 heavy (non-hydrogen) atoms. The molecule has 4 rings (SSSR count). The normalized spacial score (nSPS) is 11.6. The number of halogens is 2. The third kappa shape index (κ3) is 3.93. The molecular formula is C17H10Cl2N2O5S2. The highest BCUT2D eigenvalue weighted by Crippen LogP contribution is 2.37. The highest BCUT2D eigenvalue weighted by Gasteiger charge is 2.21. The summed E-state index contributed by atoms with van der Waals surface area (Å²) in [7, 11) is -3.54. The molecule has 7 nitrogen and oxygen atoms in total. The lowest BCUT2D eigenvalue weighted by Gasteiger charge is -2.05. The van der Waals surface area contributed by atoms with Crippen LogP contribution in [0.3, 0.4) is 0 Å². The first-order valence-corrected chi connectivity index (χ1v) is 11.1. The number of para-hydroxylation sites is 1. The first-order chi connectivity index (χ1) is 13.4. The lowest BCUT2D eigenvalue weighted by Crippen LogP contribution is -2.05. The van der Waals surface area contributed by atoms with Crippen molar-refractivity contribution in [3.05, 3.63) is 63.0 Å². The van der Waals surface area contributed by atoms with Crippen LogP contribution in [0.4, 0.5) is 0 Å². The van der Waals surface area contributed by atoms with Crippen molar-refractivity contribution in [2.24, 2.45) is 0 Å². The Labute approximate surface area is 173 Å². The fraction of sp³-hybridized carbons (Fsp3) is 0.0588. The van der Waals surface area contributed by atoms with Gasteiger partial charge in [-0.05, 0) is 29.6 Å². The zero-order chi connectivity index (χ0) is 19.7. The molecule has 3 aromatic heterocycles. The summed E-state index contributed by atoms with van der Waals surface area (Å²) in [5.41, 5.74) is 0. The van der Waals surface area contributed by atoms with Crippen LogP contribution in [0.1, 0.15) is 5.82 Å². The van der Waals surface area contributed by atoms with Crippen molar-refractivity contribution in [1.29, 1.82) is 0 Å². The van der Waals surface area contributed by atoms with Gasteiger partial charge in [0.05, 0.1) is 14.9 Å². The van der Waals surface area contributed by atoms with E-state index in [2.05, 4.69) is 10.1 Å². The van der Waals surface area contributed by atoms with Gasteiger partial charge in [-0.2, -0.15) is 16.3 Å². The molecule has 0 aliphatic heterocycles. The van der Waals surface area contributed by atoms with E-state index in [0.717, 1.165) is 0 Å². The summed E-state index contributed by atoms with van der Waals surface area (Å²) in [6.45, 7) is 0. The van der Waals surface area contributed by atoms with Crippen LogP contribution in [-0.2, 0) is 15.6 Å². The minimum absolute atomic E-state index is 0.0224. The molecule has 3 heterocycles. The zero-order valence-electron chi connectivity index (χ0n) is 13.8. The number of hydrogen-bond donors (Lipinski definition) is 0. The second-order valence-electron chi connectivity index (χ2n) is 5.51.